The molecule has 0 heterocycles. The Morgan fingerprint density at radius 1 is 1.05 bits per heavy atom. The molecule has 0 atom stereocenters. The number of benzene rings is 1. The number of hydrogen-bond acceptors (Lipinski definition) is 3. The molecule has 20 heavy (non-hydrogen) atoms. The average molecular weight is 296 g/mol. The second-order valence-electron chi connectivity index (χ2n) is 6.14. The van der Waals surface area contributed by atoms with E-state index in [0.29, 0.717) is 11.8 Å². The van der Waals surface area contributed by atoms with Gasteiger partial charge in [-0.15, -0.1) is 0 Å². The van der Waals surface area contributed by atoms with Crippen LogP contribution >= 0.6 is 0 Å². The van der Waals surface area contributed by atoms with Gasteiger partial charge in [0.1, 0.15) is 0 Å². The largest absolute Gasteiger partial charge is 0.297 e. The Bertz CT molecular complexity index is 523. The highest BCUT2D eigenvalue weighted by molar-refractivity contribution is 7.86. The molecule has 0 aromatic heterocycles. The Morgan fingerprint density at radius 3 is 2.10 bits per heavy atom. The van der Waals surface area contributed by atoms with Crippen LogP contribution in [-0.4, -0.2) is 14.5 Å². The first-order chi connectivity index (χ1) is 9.38. The maximum absolute atomic E-state index is 12.2. The van der Waals surface area contributed by atoms with Crippen molar-refractivity contribution in [1.29, 1.82) is 0 Å². The van der Waals surface area contributed by atoms with Gasteiger partial charge in [-0.25, -0.2) is 0 Å². The summed E-state index contributed by atoms with van der Waals surface area (Å²) < 4.78 is 29.8. The molecule has 1 aliphatic rings. The third-order valence-corrected chi connectivity index (χ3v) is 5.61. The first-order valence-electron chi connectivity index (χ1n) is 7.38. The summed E-state index contributed by atoms with van der Waals surface area (Å²) in [6.45, 7) is 6.40. The van der Waals surface area contributed by atoms with Crippen LogP contribution < -0.4 is 0 Å². The zero-order valence-corrected chi connectivity index (χ0v) is 13.3. The van der Waals surface area contributed by atoms with Crippen molar-refractivity contribution in [3.63, 3.8) is 0 Å². The third kappa shape index (κ3) is 3.83. The van der Waals surface area contributed by atoms with Crippen molar-refractivity contribution in [3.8, 4) is 0 Å². The van der Waals surface area contributed by atoms with Crippen molar-refractivity contribution < 1.29 is 12.6 Å². The highest BCUT2D eigenvalue weighted by Crippen LogP contribution is 2.32. The van der Waals surface area contributed by atoms with Gasteiger partial charge in [-0.1, -0.05) is 31.5 Å². The van der Waals surface area contributed by atoms with Gasteiger partial charge in [-0.2, -0.15) is 8.42 Å². The van der Waals surface area contributed by atoms with E-state index >= 15 is 0 Å². The summed E-state index contributed by atoms with van der Waals surface area (Å²) in [5, 5.41) is 0. The second-order valence-corrected chi connectivity index (χ2v) is 7.72. The fourth-order valence-corrected chi connectivity index (χ4v) is 3.92. The topological polar surface area (TPSA) is 43.4 Å². The van der Waals surface area contributed by atoms with Crippen LogP contribution in [0, 0.1) is 18.8 Å². The van der Waals surface area contributed by atoms with Gasteiger partial charge in [0.05, 0.1) is 11.0 Å². The van der Waals surface area contributed by atoms with E-state index in [1.807, 2.05) is 6.92 Å². The average Bonchev–Trinajstić information content (AvgIpc) is 2.39. The molecule has 3 nitrogen and oxygen atoms in total. The van der Waals surface area contributed by atoms with E-state index in [-0.39, 0.29) is 11.0 Å². The number of rotatable bonds is 4. The summed E-state index contributed by atoms with van der Waals surface area (Å²) in [7, 11) is -3.61. The second kappa shape index (κ2) is 6.27. The van der Waals surface area contributed by atoms with Crippen LogP contribution in [0.15, 0.2) is 29.2 Å². The van der Waals surface area contributed by atoms with Crippen molar-refractivity contribution in [2.45, 2.75) is 57.5 Å². The third-order valence-electron chi connectivity index (χ3n) is 4.23. The summed E-state index contributed by atoms with van der Waals surface area (Å²) in [6.07, 6.45) is 3.65. The van der Waals surface area contributed by atoms with Crippen LogP contribution in [0.3, 0.4) is 0 Å². The first kappa shape index (κ1) is 15.5. The molecule has 1 aromatic carbocycles. The molecule has 0 unspecified atom stereocenters. The van der Waals surface area contributed by atoms with Crippen LogP contribution in [0.2, 0.25) is 0 Å². The van der Waals surface area contributed by atoms with Crippen LogP contribution in [0.1, 0.15) is 45.1 Å². The maximum atomic E-state index is 12.2. The molecule has 4 heteroatoms. The molecular weight excluding hydrogens is 272 g/mol. The van der Waals surface area contributed by atoms with Gasteiger partial charge < -0.3 is 0 Å². The molecule has 0 spiro atoms. The smallest absolute Gasteiger partial charge is 0.263 e. The van der Waals surface area contributed by atoms with E-state index < -0.39 is 10.1 Å². The van der Waals surface area contributed by atoms with Crippen LogP contribution in [0.25, 0.3) is 0 Å². The Morgan fingerprint density at radius 2 is 1.60 bits per heavy atom. The molecule has 1 aromatic rings. The zero-order chi connectivity index (χ0) is 14.8. The van der Waals surface area contributed by atoms with Gasteiger partial charge in [0.25, 0.3) is 10.1 Å². The molecule has 0 radical (unpaired) electrons. The fraction of sp³-hybridized carbons (Fsp3) is 0.625. The summed E-state index contributed by atoms with van der Waals surface area (Å²) >= 11 is 0. The Labute approximate surface area is 122 Å². The highest BCUT2D eigenvalue weighted by Gasteiger charge is 2.28. The van der Waals surface area contributed by atoms with E-state index in [2.05, 4.69) is 13.8 Å². The molecule has 2 rings (SSSR count). The standard InChI is InChI=1S/C16H24O3S/c1-12(2)14-6-8-15(9-7-14)19-20(17,18)16-10-4-13(3)5-11-16/h4-5,10-12,14-15H,6-9H2,1-3H3. The molecule has 1 aliphatic carbocycles. The minimum absolute atomic E-state index is 0.156. The number of aryl methyl sites for hydroxylation is 1. The van der Waals surface area contributed by atoms with Crippen LogP contribution in [0.5, 0.6) is 0 Å². The molecule has 1 saturated carbocycles. The molecule has 0 bridgehead atoms. The van der Waals surface area contributed by atoms with Crippen molar-refractivity contribution >= 4 is 10.1 Å². The van der Waals surface area contributed by atoms with Crippen molar-refractivity contribution in [1.82, 2.24) is 0 Å². The quantitative estimate of drug-likeness (QED) is 0.791. The summed E-state index contributed by atoms with van der Waals surface area (Å²) in [4.78, 5) is 0.258. The Hall–Kier alpha value is -0.870. The predicted molar refractivity (Wildman–Crippen MR) is 80.0 cm³/mol. The summed E-state index contributed by atoms with van der Waals surface area (Å²) in [5.74, 6) is 1.38. The SMILES string of the molecule is Cc1ccc(S(=O)(=O)OC2CCC(C(C)C)CC2)cc1. The van der Waals surface area contributed by atoms with Crippen LogP contribution in [0.4, 0.5) is 0 Å². The molecule has 0 N–H and O–H groups in total. The van der Waals surface area contributed by atoms with Gasteiger partial charge in [0.2, 0.25) is 0 Å². The molecule has 1 fully saturated rings. The Kier molecular flexibility index (Phi) is 4.86. The number of hydrogen-bond donors (Lipinski definition) is 0. The maximum Gasteiger partial charge on any atom is 0.297 e. The Balaban J connectivity index is 1.98. The molecular formula is C16H24O3S. The normalized spacial score (nSPS) is 24.0. The summed E-state index contributed by atoms with van der Waals surface area (Å²) in [6, 6.07) is 6.83. The lowest BCUT2D eigenvalue weighted by Crippen LogP contribution is -2.26. The lowest BCUT2D eigenvalue weighted by Gasteiger charge is -2.30. The van der Waals surface area contributed by atoms with Gasteiger partial charge in [0, 0.05) is 0 Å². The predicted octanol–water partition coefficient (Wildman–Crippen LogP) is 3.92. The van der Waals surface area contributed by atoms with E-state index in [9.17, 15) is 8.42 Å². The minimum atomic E-state index is -3.61. The van der Waals surface area contributed by atoms with E-state index in [1.54, 1.807) is 24.3 Å². The van der Waals surface area contributed by atoms with Gasteiger partial charge >= 0.3 is 0 Å². The van der Waals surface area contributed by atoms with Gasteiger partial charge in [-0.05, 0) is 56.6 Å². The van der Waals surface area contributed by atoms with E-state index in [1.165, 1.54) is 0 Å². The molecule has 112 valence electrons. The first-order valence-corrected chi connectivity index (χ1v) is 8.79. The van der Waals surface area contributed by atoms with E-state index in [4.69, 9.17) is 4.18 Å². The van der Waals surface area contributed by atoms with Gasteiger partial charge in [-0.3, -0.25) is 4.18 Å². The lowest BCUT2D eigenvalue weighted by molar-refractivity contribution is 0.122. The van der Waals surface area contributed by atoms with Crippen molar-refractivity contribution in [3.05, 3.63) is 29.8 Å². The minimum Gasteiger partial charge on any atom is -0.263 e. The fourth-order valence-electron chi connectivity index (χ4n) is 2.79. The molecule has 0 amide bonds. The highest BCUT2D eigenvalue weighted by atomic mass is 32.2. The molecule has 0 aliphatic heterocycles. The van der Waals surface area contributed by atoms with Crippen LogP contribution in [-0.2, 0) is 14.3 Å². The van der Waals surface area contributed by atoms with E-state index in [0.717, 1.165) is 31.2 Å². The summed E-state index contributed by atoms with van der Waals surface area (Å²) in [5.41, 5.74) is 1.04. The monoisotopic (exact) mass is 296 g/mol. The van der Waals surface area contributed by atoms with Gasteiger partial charge in [0.15, 0.2) is 0 Å². The van der Waals surface area contributed by atoms with Crippen molar-refractivity contribution in [2.75, 3.05) is 0 Å². The molecule has 0 saturated heterocycles. The zero-order valence-electron chi connectivity index (χ0n) is 12.5. The van der Waals surface area contributed by atoms with Crippen molar-refractivity contribution in [2.24, 2.45) is 11.8 Å². The lowest BCUT2D eigenvalue weighted by atomic mass is 9.81.